The normalized spacial score (nSPS) is 18.9. The lowest BCUT2D eigenvalue weighted by molar-refractivity contribution is -0.141. The van der Waals surface area contributed by atoms with Gasteiger partial charge >= 0.3 is 6.18 Å². The summed E-state index contributed by atoms with van der Waals surface area (Å²) in [5.74, 6) is -0.401. The first-order chi connectivity index (χ1) is 10.4. The van der Waals surface area contributed by atoms with E-state index in [1.165, 1.54) is 7.05 Å². The summed E-state index contributed by atoms with van der Waals surface area (Å²) in [7, 11) is 1.36. The fourth-order valence-electron chi connectivity index (χ4n) is 2.74. The zero-order valence-corrected chi connectivity index (χ0v) is 12.6. The molecule has 1 aliphatic heterocycles. The summed E-state index contributed by atoms with van der Waals surface area (Å²) in [5, 5.41) is 5.34. The van der Waals surface area contributed by atoms with Crippen LogP contribution in [0.5, 0.6) is 0 Å². The first-order valence-electron chi connectivity index (χ1n) is 6.83. The molecule has 0 bridgehead atoms. The largest absolute Gasteiger partial charge is 0.435 e. The number of nitrogens with zero attached hydrogens (tertiary/aromatic N) is 3. The van der Waals surface area contributed by atoms with Crippen LogP contribution >= 0.6 is 11.3 Å². The minimum atomic E-state index is -4.55. The lowest BCUT2D eigenvalue weighted by atomic mass is 10.2. The standard InChI is InChI=1S/C14H14F3N3OS/c1-19-10(8-12(18-19)14(15,16)17)13(21)20-6-2-4-9(20)11-5-3-7-22-11/h3,5,7-9H,2,4,6H2,1H3/t9-/m1/s1. The van der Waals surface area contributed by atoms with E-state index >= 15 is 0 Å². The zero-order valence-electron chi connectivity index (χ0n) is 11.8. The van der Waals surface area contributed by atoms with Crippen molar-refractivity contribution in [2.75, 3.05) is 6.54 Å². The summed E-state index contributed by atoms with van der Waals surface area (Å²) in [4.78, 5) is 15.3. The Bertz CT molecular complexity index is 678. The highest BCUT2D eigenvalue weighted by Gasteiger charge is 2.38. The van der Waals surface area contributed by atoms with E-state index in [4.69, 9.17) is 0 Å². The van der Waals surface area contributed by atoms with Gasteiger partial charge in [0.15, 0.2) is 5.69 Å². The minimum Gasteiger partial charge on any atom is -0.329 e. The van der Waals surface area contributed by atoms with Crippen LogP contribution in [0, 0.1) is 0 Å². The van der Waals surface area contributed by atoms with Gasteiger partial charge in [0.1, 0.15) is 5.69 Å². The molecule has 1 saturated heterocycles. The lowest BCUT2D eigenvalue weighted by Gasteiger charge is -2.23. The first-order valence-corrected chi connectivity index (χ1v) is 7.71. The number of alkyl halides is 3. The van der Waals surface area contributed by atoms with Crippen molar-refractivity contribution in [2.45, 2.75) is 25.1 Å². The summed E-state index contributed by atoms with van der Waals surface area (Å²) < 4.78 is 39.2. The van der Waals surface area contributed by atoms with Crippen molar-refractivity contribution in [3.05, 3.63) is 39.8 Å². The molecule has 2 aromatic rings. The van der Waals surface area contributed by atoms with Gasteiger partial charge in [0.2, 0.25) is 0 Å². The molecule has 1 atom stereocenters. The fraction of sp³-hybridized carbons (Fsp3) is 0.429. The molecule has 3 heterocycles. The van der Waals surface area contributed by atoms with Gasteiger partial charge in [-0.25, -0.2) is 0 Å². The van der Waals surface area contributed by atoms with E-state index in [1.54, 1.807) is 16.2 Å². The van der Waals surface area contributed by atoms with Crippen molar-refractivity contribution in [3.8, 4) is 0 Å². The van der Waals surface area contributed by atoms with Crippen LogP contribution in [0.3, 0.4) is 0 Å². The highest BCUT2D eigenvalue weighted by Crippen LogP contribution is 2.36. The molecule has 3 rings (SSSR count). The number of aryl methyl sites for hydroxylation is 1. The van der Waals surface area contributed by atoms with Gasteiger partial charge in [0, 0.05) is 24.5 Å². The molecule has 1 amide bonds. The molecular formula is C14H14F3N3OS. The predicted octanol–water partition coefficient (Wildman–Crippen LogP) is 3.48. The van der Waals surface area contributed by atoms with E-state index in [0.29, 0.717) is 6.54 Å². The molecule has 0 aliphatic carbocycles. The van der Waals surface area contributed by atoms with Crippen molar-refractivity contribution in [3.63, 3.8) is 0 Å². The van der Waals surface area contributed by atoms with Crippen LogP contribution in [0.2, 0.25) is 0 Å². The number of carbonyl (C=O) groups excluding carboxylic acids is 1. The van der Waals surface area contributed by atoms with E-state index in [-0.39, 0.29) is 11.7 Å². The number of aromatic nitrogens is 2. The summed E-state index contributed by atoms with van der Waals surface area (Å²) in [6, 6.07) is 4.63. The number of halogens is 3. The minimum absolute atomic E-state index is 0.0317. The Morgan fingerprint density at radius 2 is 2.23 bits per heavy atom. The quantitative estimate of drug-likeness (QED) is 0.846. The van der Waals surface area contributed by atoms with Crippen LogP contribution in [0.4, 0.5) is 13.2 Å². The molecule has 8 heteroatoms. The third-order valence-corrected chi connectivity index (χ3v) is 4.75. The van der Waals surface area contributed by atoms with Crippen LogP contribution in [-0.4, -0.2) is 27.1 Å². The fourth-order valence-corrected chi connectivity index (χ4v) is 3.61. The average Bonchev–Trinajstić information content (AvgIpc) is 3.16. The molecule has 118 valence electrons. The molecule has 0 spiro atoms. The van der Waals surface area contributed by atoms with Gasteiger partial charge in [0.05, 0.1) is 6.04 Å². The smallest absolute Gasteiger partial charge is 0.329 e. The number of carbonyl (C=O) groups is 1. The summed E-state index contributed by atoms with van der Waals surface area (Å²) >= 11 is 1.55. The molecule has 0 saturated carbocycles. The third kappa shape index (κ3) is 2.63. The Balaban J connectivity index is 1.89. The molecule has 1 fully saturated rings. The third-order valence-electron chi connectivity index (χ3n) is 3.77. The Labute approximate surface area is 129 Å². The maximum Gasteiger partial charge on any atom is 0.435 e. The molecule has 22 heavy (non-hydrogen) atoms. The summed E-state index contributed by atoms with van der Waals surface area (Å²) in [6.45, 7) is 0.550. The van der Waals surface area contributed by atoms with Gasteiger partial charge in [-0.15, -0.1) is 11.3 Å². The number of rotatable bonds is 2. The van der Waals surface area contributed by atoms with E-state index in [9.17, 15) is 18.0 Å². The highest BCUT2D eigenvalue weighted by atomic mass is 32.1. The second kappa shape index (κ2) is 5.42. The predicted molar refractivity (Wildman–Crippen MR) is 75.5 cm³/mol. The van der Waals surface area contributed by atoms with Crippen LogP contribution in [0.1, 0.15) is 39.9 Å². The van der Waals surface area contributed by atoms with Gasteiger partial charge < -0.3 is 4.90 Å². The Hall–Kier alpha value is -1.83. The van der Waals surface area contributed by atoms with Crippen LogP contribution in [-0.2, 0) is 13.2 Å². The molecule has 0 radical (unpaired) electrons. The van der Waals surface area contributed by atoms with E-state index in [0.717, 1.165) is 28.5 Å². The van der Waals surface area contributed by atoms with Crippen molar-refractivity contribution < 1.29 is 18.0 Å². The van der Waals surface area contributed by atoms with Gasteiger partial charge in [-0.1, -0.05) is 6.07 Å². The van der Waals surface area contributed by atoms with Crippen molar-refractivity contribution in [1.82, 2.24) is 14.7 Å². The summed E-state index contributed by atoms with van der Waals surface area (Å²) in [6.07, 6.45) is -2.87. The number of hydrogen-bond acceptors (Lipinski definition) is 3. The summed E-state index contributed by atoms with van der Waals surface area (Å²) in [5.41, 5.74) is -1.07. The topological polar surface area (TPSA) is 38.1 Å². The Morgan fingerprint density at radius 3 is 2.82 bits per heavy atom. The lowest BCUT2D eigenvalue weighted by Crippen LogP contribution is -2.31. The number of likely N-dealkylation sites (tertiary alicyclic amines) is 1. The Kier molecular flexibility index (Phi) is 3.72. The molecule has 1 aliphatic rings. The van der Waals surface area contributed by atoms with Crippen molar-refractivity contribution in [2.24, 2.45) is 7.05 Å². The molecule has 0 N–H and O–H groups in total. The van der Waals surface area contributed by atoms with E-state index in [2.05, 4.69) is 5.10 Å². The zero-order chi connectivity index (χ0) is 15.9. The molecule has 4 nitrogen and oxygen atoms in total. The molecule has 0 aromatic carbocycles. The van der Waals surface area contributed by atoms with Crippen LogP contribution in [0.25, 0.3) is 0 Å². The van der Waals surface area contributed by atoms with Gasteiger partial charge in [-0.3, -0.25) is 9.48 Å². The first kappa shape index (κ1) is 15.1. The number of thiophene rings is 1. The van der Waals surface area contributed by atoms with Crippen molar-refractivity contribution in [1.29, 1.82) is 0 Å². The SMILES string of the molecule is Cn1nc(C(F)(F)F)cc1C(=O)N1CCC[C@@H]1c1cccs1. The Morgan fingerprint density at radius 1 is 1.45 bits per heavy atom. The monoisotopic (exact) mass is 329 g/mol. The van der Waals surface area contributed by atoms with Crippen molar-refractivity contribution >= 4 is 17.2 Å². The van der Waals surface area contributed by atoms with E-state index < -0.39 is 17.8 Å². The number of hydrogen-bond donors (Lipinski definition) is 0. The van der Waals surface area contributed by atoms with Gasteiger partial charge in [0.25, 0.3) is 5.91 Å². The second-order valence-corrected chi connectivity index (χ2v) is 6.19. The number of amides is 1. The second-order valence-electron chi connectivity index (χ2n) is 5.21. The maximum atomic E-state index is 12.7. The van der Waals surface area contributed by atoms with E-state index in [1.807, 2.05) is 17.5 Å². The molecule has 0 unspecified atom stereocenters. The highest BCUT2D eigenvalue weighted by molar-refractivity contribution is 7.10. The molecular weight excluding hydrogens is 315 g/mol. The maximum absolute atomic E-state index is 12.7. The van der Waals surface area contributed by atoms with Gasteiger partial charge in [-0.2, -0.15) is 18.3 Å². The average molecular weight is 329 g/mol. The molecule has 2 aromatic heterocycles. The van der Waals surface area contributed by atoms with Crippen LogP contribution < -0.4 is 0 Å². The van der Waals surface area contributed by atoms with Crippen LogP contribution in [0.15, 0.2) is 23.6 Å². The van der Waals surface area contributed by atoms with Gasteiger partial charge in [-0.05, 0) is 24.3 Å².